The first kappa shape index (κ1) is 39.7. The molecule has 0 aliphatic heterocycles. The smallest absolute Gasteiger partial charge is 0.302 e. The van der Waals surface area contributed by atoms with Gasteiger partial charge in [0.1, 0.15) is 6.61 Å². The summed E-state index contributed by atoms with van der Waals surface area (Å²) in [6.07, 6.45) is 9.90. The summed E-state index contributed by atoms with van der Waals surface area (Å²) in [6.45, 7) is 27.9. The van der Waals surface area contributed by atoms with E-state index in [-0.39, 0.29) is 24.1 Å². The predicted molar refractivity (Wildman–Crippen MR) is 144 cm³/mol. The van der Waals surface area contributed by atoms with E-state index in [4.69, 9.17) is 19.3 Å². The second kappa shape index (κ2) is 36.1. The van der Waals surface area contributed by atoms with Crippen molar-refractivity contribution in [1.82, 2.24) is 5.32 Å². The number of hydrogen-bond acceptors (Lipinski definition) is 7. The molecule has 0 aliphatic carbocycles. The summed E-state index contributed by atoms with van der Waals surface area (Å²) >= 11 is 0. The van der Waals surface area contributed by atoms with Crippen LogP contribution in [-0.2, 0) is 28.5 Å². The number of carbonyl (C=O) groups is 2. The van der Waals surface area contributed by atoms with Gasteiger partial charge < -0.3 is 29.4 Å². The summed E-state index contributed by atoms with van der Waals surface area (Å²) in [7, 11) is 0. The SMILES string of the molecule is C=CCNC(C)=O.C=CCOC(C)=O.C=CCOCC(CC)OCC=C.C=CCOCC(O)CC. The molecule has 0 aliphatic rings. The average molecular weight is 500 g/mol. The first-order valence-electron chi connectivity index (χ1n) is 11.6. The van der Waals surface area contributed by atoms with Gasteiger partial charge in [0, 0.05) is 20.4 Å². The minimum atomic E-state index is -0.315. The van der Waals surface area contributed by atoms with Gasteiger partial charge in [-0.3, -0.25) is 9.59 Å². The molecule has 35 heavy (non-hydrogen) atoms. The Kier molecular flexibility index (Phi) is 40.9. The van der Waals surface area contributed by atoms with Gasteiger partial charge in [0.25, 0.3) is 0 Å². The monoisotopic (exact) mass is 499 g/mol. The summed E-state index contributed by atoms with van der Waals surface area (Å²) in [6, 6.07) is 0. The fourth-order valence-corrected chi connectivity index (χ4v) is 1.57. The Morgan fingerprint density at radius 2 is 1.31 bits per heavy atom. The molecule has 8 heteroatoms. The van der Waals surface area contributed by atoms with Crippen LogP contribution in [0.4, 0.5) is 0 Å². The first-order valence-corrected chi connectivity index (χ1v) is 11.6. The number of esters is 1. The van der Waals surface area contributed by atoms with E-state index in [2.05, 4.69) is 49.9 Å². The Morgan fingerprint density at radius 1 is 0.800 bits per heavy atom. The van der Waals surface area contributed by atoms with Gasteiger partial charge in [0.05, 0.1) is 45.2 Å². The number of aliphatic hydroxyl groups excluding tert-OH is 1. The van der Waals surface area contributed by atoms with Crippen LogP contribution in [0.2, 0.25) is 0 Å². The zero-order chi connectivity index (χ0) is 27.7. The summed E-state index contributed by atoms with van der Waals surface area (Å²) in [5, 5.41) is 11.5. The van der Waals surface area contributed by atoms with Gasteiger partial charge in [-0.05, 0) is 12.8 Å². The molecule has 0 aromatic carbocycles. The lowest BCUT2D eigenvalue weighted by Gasteiger charge is -2.14. The number of rotatable bonds is 17. The number of hydrogen-bond donors (Lipinski definition) is 2. The van der Waals surface area contributed by atoms with Crippen LogP contribution in [0.1, 0.15) is 40.5 Å². The fourth-order valence-electron chi connectivity index (χ4n) is 1.57. The van der Waals surface area contributed by atoms with Crippen molar-refractivity contribution < 1.29 is 33.6 Å². The molecule has 8 nitrogen and oxygen atoms in total. The minimum Gasteiger partial charge on any atom is -0.462 e. The van der Waals surface area contributed by atoms with Crippen molar-refractivity contribution in [3.63, 3.8) is 0 Å². The van der Waals surface area contributed by atoms with Crippen LogP contribution in [0.5, 0.6) is 0 Å². The third-order valence-electron chi connectivity index (χ3n) is 3.36. The number of carbonyl (C=O) groups excluding carboxylic acids is 2. The highest BCUT2D eigenvalue weighted by atomic mass is 16.5. The van der Waals surface area contributed by atoms with Crippen molar-refractivity contribution in [2.45, 2.75) is 52.7 Å². The second-order valence-electron chi connectivity index (χ2n) is 6.68. The molecule has 2 atom stereocenters. The molecule has 0 saturated carbocycles. The molecule has 0 heterocycles. The van der Waals surface area contributed by atoms with Gasteiger partial charge in [0.2, 0.25) is 5.91 Å². The normalized spacial score (nSPS) is 10.7. The molecule has 0 bridgehead atoms. The molecular weight excluding hydrogens is 450 g/mol. The maximum absolute atomic E-state index is 10.0. The Hall–Kier alpha value is -2.52. The summed E-state index contributed by atoms with van der Waals surface area (Å²) < 4.78 is 20.1. The van der Waals surface area contributed by atoms with E-state index in [9.17, 15) is 9.59 Å². The van der Waals surface area contributed by atoms with E-state index in [0.717, 1.165) is 12.8 Å². The van der Waals surface area contributed by atoms with E-state index in [1.54, 1.807) is 24.3 Å². The summed E-state index contributed by atoms with van der Waals surface area (Å²) in [5.41, 5.74) is 0. The van der Waals surface area contributed by atoms with Gasteiger partial charge in [-0.2, -0.15) is 0 Å². The minimum absolute atomic E-state index is 0.0140. The lowest BCUT2D eigenvalue weighted by atomic mass is 10.3. The van der Waals surface area contributed by atoms with Gasteiger partial charge >= 0.3 is 5.97 Å². The molecule has 0 radical (unpaired) electrons. The Bertz CT molecular complexity index is 514. The number of ether oxygens (including phenoxy) is 4. The van der Waals surface area contributed by atoms with Crippen molar-refractivity contribution in [2.75, 3.05) is 46.2 Å². The third kappa shape index (κ3) is 49.6. The molecule has 0 fully saturated rings. The number of nitrogens with one attached hydrogen (secondary N) is 1. The summed E-state index contributed by atoms with van der Waals surface area (Å²) in [4.78, 5) is 20.0. The van der Waals surface area contributed by atoms with Gasteiger partial charge in [-0.25, -0.2) is 0 Å². The lowest BCUT2D eigenvalue weighted by Crippen LogP contribution is -2.19. The maximum atomic E-state index is 10.0. The molecule has 204 valence electrons. The Labute approximate surface area is 213 Å². The first-order chi connectivity index (χ1) is 16.7. The van der Waals surface area contributed by atoms with E-state index >= 15 is 0 Å². The lowest BCUT2D eigenvalue weighted by molar-refractivity contribution is -0.139. The highest BCUT2D eigenvalue weighted by Crippen LogP contribution is 1.98. The zero-order valence-corrected chi connectivity index (χ0v) is 22.3. The van der Waals surface area contributed by atoms with Gasteiger partial charge in [0.15, 0.2) is 0 Å². The summed E-state index contributed by atoms with van der Waals surface area (Å²) in [5.74, 6) is -0.278. The van der Waals surface area contributed by atoms with Crippen LogP contribution in [0.3, 0.4) is 0 Å². The van der Waals surface area contributed by atoms with Crippen molar-refractivity contribution >= 4 is 11.9 Å². The van der Waals surface area contributed by atoms with Crippen molar-refractivity contribution in [1.29, 1.82) is 0 Å². The molecule has 0 rings (SSSR count). The molecule has 2 unspecified atom stereocenters. The van der Waals surface area contributed by atoms with Crippen molar-refractivity contribution in [3.05, 3.63) is 63.3 Å². The molecule has 0 spiro atoms. The number of aliphatic hydroxyl groups is 1. The van der Waals surface area contributed by atoms with E-state index in [0.29, 0.717) is 46.2 Å². The van der Waals surface area contributed by atoms with Gasteiger partial charge in [-0.1, -0.05) is 50.8 Å². The largest absolute Gasteiger partial charge is 0.462 e. The van der Waals surface area contributed by atoms with Crippen LogP contribution >= 0.6 is 0 Å². The molecule has 2 N–H and O–H groups in total. The molecule has 1 amide bonds. The fraction of sp³-hybridized carbons (Fsp3) is 0.556. The standard InChI is InChI=1S/C10H18O2.C7H14O2.C5H9NO.C5H8O2/c1-4-7-11-9-10(6-3)12-8-5-2;1-3-5-9-6-7(8)4-2;1-3-4-6-5(2)7;1-3-4-7-5(2)6/h4-5,10H,1-2,6-9H2,3H3;3,7-8H,1,4-6H2,2H3;3H,1,4H2,2H3,(H,6,7);3H,1,4H2,2H3. The van der Waals surface area contributed by atoms with E-state index in [1.807, 2.05) is 6.92 Å². The predicted octanol–water partition coefficient (Wildman–Crippen LogP) is 4.17. The topological polar surface area (TPSA) is 103 Å². The maximum Gasteiger partial charge on any atom is 0.302 e. The van der Waals surface area contributed by atoms with Crippen molar-refractivity contribution in [2.24, 2.45) is 0 Å². The molecular formula is C27H49NO7. The van der Waals surface area contributed by atoms with Gasteiger partial charge in [-0.15, -0.1) is 26.3 Å². The Morgan fingerprint density at radius 3 is 1.63 bits per heavy atom. The third-order valence-corrected chi connectivity index (χ3v) is 3.36. The quantitative estimate of drug-likeness (QED) is 0.176. The number of amides is 1. The zero-order valence-electron chi connectivity index (χ0n) is 22.3. The van der Waals surface area contributed by atoms with Crippen LogP contribution in [-0.4, -0.2) is 75.4 Å². The van der Waals surface area contributed by atoms with Crippen LogP contribution < -0.4 is 5.32 Å². The van der Waals surface area contributed by atoms with E-state index in [1.165, 1.54) is 19.9 Å². The molecule has 0 aromatic rings. The highest BCUT2D eigenvalue weighted by Gasteiger charge is 2.04. The molecule has 0 saturated heterocycles. The Balaban J connectivity index is -0.000000188. The van der Waals surface area contributed by atoms with Crippen LogP contribution in [0.25, 0.3) is 0 Å². The van der Waals surface area contributed by atoms with Crippen LogP contribution in [0, 0.1) is 0 Å². The van der Waals surface area contributed by atoms with Crippen molar-refractivity contribution in [3.8, 4) is 0 Å². The highest BCUT2D eigenvalue weighted by molar-refractivity contribution is 5.72. The molecule has 0 aromatic heterocycles. The van der Waals surface area contributed by atoms with E-state index < -0.39 is 0 Å². The second-order valence-corrected chi connectivity index (χ2v) is 6.68. The average Bonchev–Trinajstić information content (AvgIpc) is 2.84. The van der Waals surface area contributed by atoms with Crippen LogP contribution in [0.15, 0.2) is 63.3 Å².